The van der Waals surface area contributed by atoms with Crippen molar-refractivity contribution >= 4 is 28.3 Å². The van der Waals surface area contributed by atoms with E-state index in [0.29, 0.717) is 13.0 Å². The van der Waals surface area contributed by atoms with Crippen LogP contribution in [0.2, 0.25) is 0 Å². The molecule has 0 aliphatic rings. The summed E-state index contributed by atoms with van der Waals surface area (Å²) < 4.78 is 5.47. The Kier molecular flexibility index (Phi) is 6.96. The zero-order chi connectivity index (χ0) is 16.0. The quantitative estimate of drug-likeness (QED) is 0.783. The molecule has 4 nitrogen and oxygen atoms in total. The van der Waals surface area contributed by atoms with E-state index in [0.717, 1.165) is 11.1 Å². The fourth-order valence-corrected chi connectivity index (χ4v) is 5.16. The number of carbonyl (C=O) groups excluding carboxylic acids is 1. The van der Waals surface area contributed by atoms with E-state index < -0.39 is 13.1 Å². The van der Waals surface area contributed by atoms with Crippen molar-refractivity contribution in [3.8, 4) is 0 Å². The van der Waals surface area contributed by atoms with Crippen LogP contribution in [0.4, 0.5) is 0 Å². The molecule has 0 spiro atoms. The Morgan fingerprint density at radius 2 is 2.05 bits per heavy atom. The van der Waals surface area contributed by atoms with E-state index in [4.69, 9.17) is 4.52 Å². The first-order chi connectivity index (χ1) is 9.81. The molecule has 1 N–H and O–H groups in total. The van der Waals surface area contributed by atoms with Gasteiger partial charge in [-0.25, -0.2) is 0 Å². The second kappa shape index (κ2) is 8.00. The van der Waals surface area contributed by atoms with Gasteiger partial charge in [0.25, 0.3) is 0 Å². The van der Waals surface area contributed by atoms with Gasteiger partial charge in [0, 0.05) is 0 Å². The molecule has 0 bridgehead atoms. The first-order valence-corrected chi connectivity index (χ1v) is 10.6. The van der Waals surface area contributed by atoms with E-state index in [-0.39, 0.29) is 5.91 Å². The number of carbonyl (C=O) groups is 1. The first-order valence-electron chi connectivity index (χ1n) is 6.89. The number of nitrogens with zero attached hydrogens (tertiary/aromatic N) is 1. The molecule has 0 heterocycles. The van der Waals surface area contributed by atoms with E-state index >= 15 is 0 Å². The van der Waals surface area contributed by atoms with Crippen LogP contribution in [0.3, 0.4) is 0 Å². The average Bonchev–Trinajstić information content (AvgIpc) is 2.44. The second-order valence-corrected chi connectivity index (χ2v) is 10.1. The number of amides is 1. The summed E-state index contributed by atoms with van der Waals surface area (Å²) in [5.74, 6) is -0.111. The standard InChI is InChI=1S/C15H25NO3P2/c1-5-12-7-9-13(10-8-12)11-14(15(17)16(3)4)21(18,20)19-6-2/h5,7-10,14,18,21H,1,6,11,20H2,2-4H3. The van der Waals surface area contributed by atoms with Crippen molar-refractivity contribution in [3.63, 3.8) is 0 Å². The topological polar surface area (TPSA) is 49.8 Å². The van der Waals surface area contributed by atoms with E-state index in [9.17, 15) is 9.69 Å². The van der Waals surface area contributed by atoms with Gasteiger partial charge < -0.3 is 0 Å². The Morgan fingerprint density at radius 3 is 2.48 bits per heavy atom. The van der Waals surface area contributed by atoms with Crippen LogP contribution < -0.4 is 0 Å². The molecule has 0 aromatic heterocycles. The number of benzene rings is 1. The van der Waals surface area contributed by atoms with Crippen LogP contribution in [0, 0.1) is 0 Å². The van der Waals surface area contributed by atoms with Crippen LogP contribution in [0.5, 0.6) is 0 Å². The third-order valence-corrected chi connectivity index (χ3v) is 7.18. The van der Waals surface area contributed by atoms with Crippen LogP contribution in [0.1, 0.15) is 18.1 Å². The summed E-state index contributed by atoms with van der Waals surface area (Å²) in [5.41, 5.74) is 1.47. The van der Waals surface area contributed by atoms with Crippen LogP contribution in [0.25, 0.3) is 6.08 Å². The maximum absolute atomic E-state index is 12.4. The monoisotopic (exact) mass is 329 g/mol. The zero-order valence-corrected chi connectivity index (χ0v) is 15.0. The van der Waals surface area contributed by atoms with Crippen LogP contribution in [-0.4, -0.2) is 42.1 Å². The van der Waals surface area contributed by atoms with Gasteiger partial charge >= 0.3 is 129 Å². The maximum atomic E-state index is 12.4. The van der Waals surface area contributed by atoms with E-state index in [1.165, 1.54) is 4.90 Å². The Balaban J connectivity index is 3.00. The molecule has 0 radical (unpaired) electrons. The molecule has 118 valence electrons. The molecule has 6 heteroatoms. The fraction of sp³-hybridized carbons (Fsp3) is 0.400. The Labute approximate surface area is 129 Å². The van der Waals surface area contributed by atoms with Crippen molar-refractivity contribution in [2.45, 2.75) is 19.0 Å². The van der Waals surface area contributed by atoms with Gasteiger partial charge in [0.05, 0.1) is 0 Å². The van der Waals surface area contributed by atoms with Crippen molar-refractivity contribution < 1.29 is 14.2 Å². The average molecular weight is 329 g/mol. The number of rotatable bonds is 7. The van der Waals surface area contributed by atoms with Crippen molar-refractivity contribution in [1.29, 1.82) is 0 Å². The molecule has 0 saturated heterocycles. The fourth-order valence-electron chi connectivity index (χ4n) is 2.08. The van der Waals surface area contributed by atoms with Gasteiger partial charge in [-0.15, -0.1) is 0 Å². The molecule has 0 aliphatic heterocycles. The molecule has 0 fully saturated rings. The molecule has 2 unspecified atom stereocenters. The van der Waals surface area contributed by atoms with Crippen LogP contribution in [0.15, 0.2) is 30.8 Å². The van der Waals surface area contributed by atoms with Crippen LogP contribution >= 0.6 is 16.3 Å². The summed E-state index contributed by atoms with van der Waals surface area (Å²) >= 11 is 0. The Morgan fingerprint density at radius 1 is 1.48 bits per heavy atom. The molecular formula is C15H25NO3P2. The summed E-state index contributed by atoms with van der Waals surface area (Å²) in [6, 6.07) is 7.80. The summed E-state index contributed by atoms with van der Waals surface area (Å²) in [7, 11) is 2.61. The summed E-state index contributed by atoms with van der Waals surface area (Å²) in [6.07, 6.45) is 2.23. The van der Waals surface area contributed by atoms with Gasteiger partial charge in [-0.05, 0) is 0 Å². The van der Waals surface area contributed by atoms with Crippen LogP contribution in [-0.2, 0) is 15.7 Å². The van der Waals surface area contributed by atoms with Gasteiger partial charge in [0.2, 0.25) is 0 Å². The minimum atomic E-state index is -3.16. The van der Waals surface area contributed by atoms with Crippen molar-refractivity contribution in [2.24, 2.45) is 0 Å². The Hall–Kier alpha value is -0.790. The van der Waals surface area contributed by atoms with Gasteiger partial charge in [-0.2, -0.15) is 0 Å². The normalized spacial score (nSPS) is 13.6. The number of hydrogen-bond donors (Lipinski definition) is 1. The Bertz CT molecular complexity index is 486. The SMILES string of the molecule is C=Cc1ccc(CC(C(=O)N(C)C)[PH](O)(P)OCC)cc1. The molecule has 21 heavy (non-hydrogen) atoms. The summed E-state index contributed by atoms with van der Waals surface area (Å²) in [5, 5.41) is 0. The van der Waals surface area contributed by atoms with Gasteiger partial charge in [0.15, 0.2) is 0 Å². The van der Waals surface area contributed by atoms with Crippen molar-refractivity contribution in [3.05, 3.63) is 42.0 Å². The second-order valence-electron chi connectivity index (χ2n) is 5.12. The van der Waals surface area contributed by atoms with Gasteiger partial charge in [-0.3, -0.25) is 0 Å². The van der Waals surface area contributed by atoms with E-state index in [1.54, 1.807) is 20.2 Å². The minimum absolute atomic E-state index is 0.111. The summed E-state index contributed by atoms with van der Waals surface area (Å²) in [4.78, 5) is 24.5. The molecule has 1 rings (SSSR count). The van der Waals surface area contributed by atoms with E-state index in [1.807, 2.05) is 31.2 Å². The first kappa shape index (κ1) is 18.3. The molecule has 1 aromatic carbocycles. The molecule has 1 amide bonds. The molecule has 2 atom stereocenters. The predicted molar refractivity (Wildman–Crippen MR) is 94.6 cm³/mol. The molecular weight excluding hydrogens is 304 g/mol. The third-order valence-electron chi connectivity index (χ3n) is 3.27. The molecule has 0 aliphatic carbocycles. The predicted octanol–water partition coefficient (Wildman–Crippen LogP) is 2.73. The molecule has 0 saturated carbocycles. The number of hydrogen-bond acceptors (Lipinski definition) is 3. The summed E-state index contributed by atoms with van der Waals surface area (Å²) in [6.45, 7) is 5.92. The van der Waals surface area contributed by atoms with Gasteiger partial charge in [0.1, 0.15) is 0 Å². The third kappa shape index (κ3) is 5.16. The van der Waals surface area contributed by atoms with Gasteiger partial charge in [-0.1, -0.05) is 0 Å². The van der Waals surface area contributed by atoms with Crippen molar-refractivity contribution in [1.82, 2.24) is 4.90 Å². The van der Waals surface area contributed by atoms with Crippen molar-refractivity contribution in [2.75, 3.05) is 20.7 Å². The van der Waals surface area contributed by atoms with E-state index in [2.05, 4.69) is 15.5 Å². The molecule has 1 aromatic rings. The zero-order valence-electron chi connectivity index (χ0n) is 12.9.